The van der Waals surface area contributed by atoms with Gasteiger partial charge in [0.15, 0.2) is 0 Å². The topological polar surface area (TPSA) is 95.6 Å². The van der Waals surface area contributed by atoms with E-state index in [2.05, 4.69) is 10.6 Å². The minimum atomic E-state index is -3.94. The van der Waals surface area contributed by atoms with E-state index >= 15 is 0 Å². The van der Waals surface area contributed by atoms with Crippen molar-refractivity contribution in [2.75, 3.05) is 20.1 Å². The minimum Gasteiger partial charge on any atom is -0.354 e. The molecule has 2 aromatic carbocycles. The highest BCUT2D eigenvalue weighted by molar-refractivity contribution is 7.89. The number of fused-ring (bicyclic) bond motifs is 1. The Morgan fingerprint density at radius 2 is 1.82 bits per heavy atom. The molecule has 0 spiro atoms. The number of hydrogen-bond acceptors (Lipinski definition) is 5. The van der Waals surface area contributed by atoms with Gasteiger partial charge in [0.1, 0.15) is 21.6 Å². The molecular formula is C25H27Cl3FN3O4S2. The number of carbonyl (C=O) groups excluding carboxylic acids is 2. The predicted octanol–water partition coefficient (Wildman–Crippen LogP) is 5.97. The zero-order chi connectivity index (χ0) is 28.2. The normalized spacial score (nSPS) is 12.8. The lowest BCUT2D eigenvalue weighted by Crippen LogP contribution is -2.47. The fraction of sp³-hybridized carbons (Fsp3) is 0.360. The van der Waals surface area contributed by atoms with Gasteiger partial charge in [-0.25, -0.2) is 17.1 Å². The number of thiophene rings is 1. The third-order valence-electron chi connectivity index (χ3n) is 5.67. The number of amides is 2. The maximum atomic E-state index is 13.3. The van der Waals surface area contributed by atoms with Crippen molar-refractivity contribution in [3.05, 3.63) is 62.2 Å². The second kappa shape index (κ2) is 12.9. The van der Waals surface area contributed by atoms with Crippen LogP contribution in [0, 0.1) is 11.7 Å². The first-order chi connectivity index (χ1) is 17.8. The third kappa shape index (κ3) is 7.16. The fourth-order valence-electron chi connectivity index (χ4n) is 3.75. The number of benzene rings is 2. The van der Waals surface area contributed by atoms with E-state index in [9.17, 15) is 22.4 Å². The van der Waals surface area contributed by atoms with Gasteiger partial charge in [-0.2, -0.15) is 0 Å². The van der Waals surface area contributed by atoms with Crippen LogP contribution in [-0.2, 0) is 14.8 Å². The SMILES string of the molecule is CC(C)C[C@H](NC(=O)c1sc2cccc(Cl)c2c1Cl)C(=O)NCCCN(C)S(=O)(=O)c1ccc(F)cc1Cl. The van der Waals surface area contributed by atoms with Crippen molar-refractivity contribution in [3.63, 3.8) is 0 Å². The summed E-state index contributed by atoms with van der Waals surface area (Å²) >= 11 is 19.8. The number of rotatable bonds is 11. The van der Waals surface area contributed by atoms with Gasteiger partial charge in [-0.1, -0.05) is 54.7 Å². The van der Waals surface area contributed by atoms with Crippen LogP contribution in [0.15, 0.2) is 41.3 Å². The summed E-state index contributed by atoms with van der Waals surface area (Å²) in [6, 6.07) is 7.53. The summed E-state index contributed by atoms with van der Waals surface area (Å²) in [7, 11) is -2.57. The quantitative estimate of drug-likeness (QED) is 0.258. The lowest BCUT2D eigenvalue weighted by atomic mass is 10.0. The van der Waals surface area contributed by atoms with Gasteiger partial charge >= 0.3 is 0 Å². The van der Waals surface area contributed by atoms with Crippen LogP contribution in [0.25, 0.3) is 10.1 Å². The summed E-state index contributed by atoms with van der Waals surface area (Å²) in [5, 5.41) is 6.59. The molecule has 0 bridgehead atoms. The van der Waals surface area contributed by atoms with Gasteiger partial charge in [0.25, 0.3) is 5.91 Å². The molecule has 2 N–H and O–H groups in total. The standard InChI is InChI=1S/C25H27Cl3FN3O4S2/c1-14(2)12-18(31-25(34)23-22(28)21-16(26)6-4-7-19(21)37-23)24(33)30-10-5-11-32(3)38(35,36)20-9-8-15(29)13-17(20)27/h4,6-9,13-14,18H,5,10-12H2,1-3H3,(H,30,33)(H,31,34)/t18-/m0/s1. The molecule has 0 radical (unpaired) electrons. The van der Waals surface area contributed by atoms with Gasteiger partial charge < -0.3 is 10.6 Å². The summed E-state index contributed by atoms with van der Waals surface area (Å²) in [5.74, 6) is -1.40. The van der Waals surface area contributed by atoms with Gasteiger partial charge in [-0.05, 0) is 49.1 Å². The Morgan fingerprint density at radius 1 is 1.11 bits per heavy atom. The molecule has 1 heterocycles. The molecule has 1 aromatic heterocycles. The van der Waals surface area contributed by atoms with Crippen LogP contribution in [0.3, 0.4) is 0 Å². The lowest BCUT2D eigenvalue weighted by Gasteiger charge is -2.21. The molecule has 13 heteroatoms. The Hall–Kier alpha value is -1.95. The van der Waals surface area contributed by atoms with Gasteiger partial charge in [-0.15, -0.1) is 11.3 Å². The third-order valence-corrected chi connectivity index (χ3v) is 9.97. The van der Waals surface area contributed by atoms with Crippen LogP contribution < -0.4 is 10.6 Å². The molecule has 0 fully saturated rings. The Kier molecular flexibility index (Phi) is 10.4. The van der Waals surface area contributed by atoms with Crippen LogP contribution in [0.1, 0.15) is 36.4 Å². The Balaban J connectivity index is 1.61. The first-order valence-corrected chi connectivity index (χ1v) is 15.1. The number of halogens is 4. The Labute approximate surface area is 240 Å². The molecule has 0 unspecified atom stereocenters. The van der Waals surface area contributed by atoms with Gasteiger partial charge in [0, 0.05) is 30.2 Å². The van der Waals surface area contributed by atoms with Crippen LogP contribution in [0.2, 0.25) is 15.1 Å². The Bertz CT molecular complexity index is 1450. The zero-order valence-electron chi connectivity index (χ0n) is 20.9. The van der Waals surface area contributed by atoms with Crippen LogP contribution in [0.5, 0.6) is 0 Å². The molecular weight excluding hydrogens is 596 g/mol. The summed E-state index contributed by atoms with van der Waals surface area (Å²) < 4.78 is 40.7. The number of nitrogens with one attached hydrogen (secondary N) is 2. The number of nitrogens with zero attached hydrogens (tertiary/aromatic N) is 1. The van der Waals surface area contributed by atoms with E-state index in [-0.39, 0.29) is 38.8 Å². The number of hydrogen-bond donors (Lipinski definition) is 2. The summed E-state index contributed by atoms with van der Waals surface area (Å²) in [6.07, 6.45) is 0.682. The molecule has 38 heavy (non-hydrogen) atoms. The van der Waals surface area contributed by atoms with Crippen LogP contribution in [0.4, 0.5) is 4.39 Å². The first kappa shape index (κ1) is 30.6. The molecule has 206 valence electrons. The molecule has 0 saturated heterocycles. The maximum Gasteiger partial charge on any atom is 0.263 e. The van der Waals surface area contributed by atoms with Crippen molar-refractivity contribution in [2.45, 2.75) is 37.6 Å². The van der Waals surface area contributed by atoms with Crippen molar-refractivity contribution in [2.24, 2.45) is 5.92 Å². The monoisotopic (exact) mass is 621 g/mol. The van der Waals surface area contributed by atoms with E-state index < -0.39 is 33.7 Å². The molecule has 0 aliphatic carbocycles. The molecule has 3 rings (SSSR count). The second-order valence-corrected chi connectivity index (χ2v) is 13.3. The van der Waals surface area contributed by atoms with Crippen LogP contribution >= 0.6 is 46.1 Å². The smallest absolute Gasteiger partial charge is 0.263 e. The summed E-state index contributed by atoms with van der Waals surface area (Å²) in [5.41, 5.74) is 0. The van der Waals surface area contributed by atoms with E-state index in [1.54, 1.807) is 12.1 Å². The fourth-order valence-corrected chi connectivity index (χ4v) is 7.32. The minimum absolute atomic E-state index is 0.0790. The molecule has 0 aliphatic heterocycles. The molecule has 0 aliphatic rings. The largest absolute Gasteiger partial charge is 0.354 e. The van der Waals surface area contributed by atoms with E-state index in [0.29, 0.717) is 23.3 Å². The predicted molar refractivity (Wildman–Crippen MR) is 151 cm³/mol. The van der Waals surface area contributed by atoms with Crippen molar-refractivity contribution in [3.8, 4) is 0 Å². The summed E-state index contributed by atoms with van der Waals surface area (Å²) in [4.78, 5) is 26.0. The van der Waals surface area contributed by atoms with Gasteiger partial charge in [0.2, 0.25) is 15.9 Å². The molecule has 1 atom stereocenters. The lowest BCUT2D eigenvalue weighted by molar-refractivity contribution is -0.123. The van der Waals surface area contributed by atoms with E-state index in [1.807, 2.05) is 19.9 Å². The van der Waals surface area contributed by atoms with Gasteiger partial charge in [-0.3, -0.25) is 9.59 Å². The Morgan fingerprint density at radius 3 is 2.45 bits per heavy atom. The second-order valence-electron chi connectivity index (χ2n) is 9.06. The average molecular weight is 623 g/mol. The highest BCUT2D eigenvalue weighted by Gasteiger charge is 2.27. The molecule has 7 nitrogen and oxygen atoms in total. The van der Waals surface area contributed by atoms with E-state index in [4.69, 9.17) is 34.8 Å². The number of sulfonamides is 1. The average Bonchev–Trinajstić information content (AvgIpc) is 3.18. The van der Waals surface area contributed by atoms with Crippen molar-refractivity contribution < 1.29 is 22.4 Å². The highest BCUT2D eigenvalue weighted by atomic mass is 35.5. The molecule has 2 amide bonds. The van der Waals surface area contributed by atoms with Crippen molar-refractivity contribution >= 4 is 78.1 Å². The van der Waals surface area contributed by atoms with Crippen molar-refractivity contribution in [1.29, 1.82) is 0 Å². The highest BCUT2D eigenvalue weighted by Crippen LogP contribution is 2.39. The zero-order valence-corrected chi connectivity index (χ0v) is 24.8. The summed E-state index contributed by atoms with van der Waals surface area (Å²) in [6.45, 7) is 4.10. The first-order valence-electron chi connectivity index (χ1n) is 11.7. The van der Waals surface area contributed by atoms with E-state index in [1.165, 1.54) is 18.4 Å². The van der Waals surface area contributed by atoms with Gasteiger partial charge in [0.05, 0.1) is 15.1 Å². The van der Waals surface area contributed by atoms with Crippen LogP contribution in [-0.4, -0.2) is 50.7 Å². The maximum absolute atomic E-state index is 13.3. The molecule has 3 aromatic rings. The van der Waals surface area contributed by atoms with E-state index in [0.717, 1.165) is 27.2 Å². The number of carbonyl (C=O) groups is 2. The molecule has 0 saturated carbocycles. The van der Waals surface area contributed by atoms with Crippen molar-refractivity contribution in [1.82, 2.24) is 14.9 Å².